The number of nitro groups is 1. The Morgan fingerprint density at radius 2 is 1.71 bits per heavy atom. The van der Waals surface area contributed by atoms with Crippen LogP contribution in [0.5, 0.6) is 0 Å². The summed E-state index contributed by atoms with van der Waals surface area (Å²) in [6.45, 7) is 0. The summed E-state index contributed by atoms with van der Waals surface area (Å²) >= 11 is 0. The summed E-state index contributed by atoms with van der Waals surface area (Å²) in [7, 11) is 0. The molecule has 2 amide bonds. The Hall–Kier alpha value is -3.26. The fraction of sp³-hybridized carbons (Fsp3) is 0.125. The molecule has 0 heterocycles. The summed E-state index contributed by atoms with van der Waals surface area (Å²) in [5.41, 5.74) is 2.35. The molecule has 0 spiro atoms. The van der Waals surface area contributed by atoms with Gasteiger partial charge in [0.15, 0.2) is 0 Å². The second-order valence-corrected chi connectivity index (χ2v) is 5.00. The maximum atomic E-state index is 12.4. The average molecular weight is 328 g/mol. The van der Waals surface area contributed by atoms with Crippen molar-refractivity contribution >= 4 is 17.5 Å². The summed E-state index contributed by atoms with van der Waals surface area (Å²) in [4.78, 5) is 34.6. The van der Waals surface area contributed by atoms with Crippen LogP contribution in [0, 0.1) is 10.1 Å². The summed E-state index contributed by atoms with van der Waals surface area (Å²) in [6.07, 6.45) is 0.205. The zero-order valence-corrected chi connectivity index (χ0v) is 12.6. The second kappa shape index (κ2) is 7.84. The lowest BCUT2D eigenvalue weighted by atomic mass is 10.0. The molecule has 24 heavy (non-hydrogen) atoms. The molecular weight excluding hydrogens is 312 g/mol. The molecule has 8 heteroatoms. The number of nitrogens with one attached hydrogen (secondary N) is 2. The second-order valence-electron chi connectivity index (χ2n) is 5.00. The van der Waals surface area contributed by atoms with Gasteiger partial charge < -0.3 is 5.32 Å². The van der Waals surface area contributed by atoms with Crippen LogP contribution in [-0.4, -0.2) is 22.8 Å². The third kappa shape index (κ3) is 4.14. The van der Waals surface area contributed by atoms with Gasteiger partial charge in [0, 0.05) is 12.5 Å². The van der Waals surface area contributed by atoms with E-state index in [2.05, 4.69) is 5.32 Å². The zero-order valence-electron chi connectivity index (χ0n) is 12.6. The van der Waals surface area contributed by atoms with E-state index in [4.69, 9.17) is 5.84 Å². The molecule has 0 saturated heterocycles. The molecule has 2 aromatic rings. The van der Waals surface area contributed by atoms with Gasteiger partial charge in [0.2, 0.25) is 0 Å². The topological polar surface area (TPSA) is 127 Å². The number of rotatable bonds is 6. The first-order valence-electron chi connectivity index (χ1n) is 7.11. The molecule has 2 rings (SSSR count). The zero-order chi connectivity index (χ0) is 17.5. The predicted molar refractivity (Wildman–Crippen MR) is 86.8 cm³/mol. The Balaban J connectivity index is 2.22. The van der Waals surface area contributed by atoms with Crippen LogP contribution in [-0.2, 0) is 11.2 Å². The number of carbonyl (C=O) groups excluding carboxylic acids is 2. The molecule has 2 aromatic carbocycles. The lowest BCUT2D eigenvalue weighted by Crippen LogP contribution is -2.50. The Labute approximate surface area is 137 Å². The predicted octanol–water partition coefficient (Wildman–Crippen LogP) is 0.926. The summed E-state index contributed by atoms with van der Waals surface area (Å²) in [5, 5.41) is 13.5. The largest absolute Gasteiger partial charge is 0.340 e. The Morgan fingerprint density at radius 3 is 2.33 bits per heavy atom. The number of hydrazine groups is 1. The van der Waals surface area contributed by atoms with Crippen molar-refractivity contribution in [1.82, 2.24) is 10.7 Å². The lowest BCUT2D eigenvalue weighted by Gasteiger charge is -2.17. The van der Waals surface area contributed by atoms with E-state index in [-0.39, 0.29) is 17.7 Å². The van der Waals surface area contributed by atoms with Gasteiger partial charge in [-0.05, 0) is 11.6 Å². The van der Waals surface area contributed by atoms with Crippen molar-refractivity contribution in [2.45, 2.75) is 12.5 Å². The van der Waals surface area contributed by atoms with Crippen molar-refractivity contribution in [3.8, 4) is 0 Å². The highest BCUT2D eigenvalue weighted by Gasteiger charge is 2.25. The fourth-order valence-electron chi connectivity index (χ4n) is 2.22. The number of nitro benzene ring substituents is 1. The molecule has 0 saturated carbocycles. The minimum atomic E-state index is -0.954. The van der Waals surface area contributed by atoms with E-state index >= 15 is 0 Å². The third-order valence-electron chi connectivity index (χ3n) is 3.39. The molecular formula is C16H16N4O4. The van der Waals surface area contributed by atoms with Crippen molar-refractivity contribution in [1.29, 1.82) is 0 Å². The Morgan fingerprint density at radius 1 is 1.08 bits per heavy atom. The normalized spacial score (nSPS) is 11.4. The number of benzene rings is 2. The van der Waals surface area contributed by atoms with Crippen molar-refractivity contribution < 1.29 is 14.5 Å². The first kappa shape index (κ1) is 17.1. The molecule has 124 valence electrons. The molecule has 0 aliphatic rings. The number of para-hydroxylation sites is 1. The van der Waals surface area contributed by atoms with Crippen LogP contribution < -0.4 is 16.6 Å². The molecule has 0 fully saturated rings. The Bertz CT molecular complexity index is 749. The summed E-state index contributed by atoms with van der Waals surface area (Å²) in [5.74, 6) is 3.85. The lowest BCUT2D eigenvalue weighted by molar-refractivity contribution is -0.385. The number of amides is 2. The van der Waals surface area contributed by atoms with Gasteiger partial charge >= 0.3 is 0 Å². The molecule has 0 unspecified atom stereocenters. The van der Waals surface area contributed by atoms with Crippen LogP contribution >= 0.6 is 0 Å². The first-order valence-corrected chi connectivity index (χ1v) is 7.11. The Kier molecular flexibility index (Phi) is 5.58. The van der Waals surface area contributed by atoms with Crippen LogP contribution in [0.4, 0.5) is 5.69 Å². The maximum absolute atomic E-state index is 12.4. The van der Waals surface area contributed by atoms with Gasteiger partial charge in [-0.15, -0.1) is 0 Å². The molecule has 0 aliphatic carbocycles. The van der Waals surface area contributed by atoms with Gasteiger partial charge in [-0.1, -0.05) is 42.5 Å². The SMILES string of the molecule is NNC(=O)[C@H](Cc1ccccc1)NC(=O)c1ccccc1[N+](=O)[O-]. The highest BCUT2D eigenvalue weighted by atomic mass is 16.6. The average Bonchev–Trinajstić information content (AvgIpc) is 2.61. The smallest absolute Gasteiger partial charge is 0.282 e. The summed E-state index contributed by atoms with van der Waals surface area (Å²) in [6, 6.07) is 13.6. The molecule has 0 aromatic heterocycles. The minimum Gasteiger partial charge on any atom is -0.340 e. The van der Waals surface area contributed by atoms with Gasteiger partial charge in [-0.2, -0.15) is 0 Å². The first-order chi connectivity index (χ1) is 11.5. The monoisotopic (exact) mass is 328 g/mol. The van der Waals surface area contributed by atoms with Crippen LogP contribution in [0.15, 0.2) is 54.6 Å². The van der Waals surface area contributed by atoms with Gasteiger partial charge in [-0.25, -0.2) is 5.84 Å². The van der Waals surface area contributed by atoms with Gasteiger partial charge in [0.05, 0.1) is 4.92 Å². The standard InChI is InChI=1S/C16H16N4O4/c17-19-16(22)13(10-11-6-2-1-3-7-11)18-15(21)12-8-4-5-9-14(12)20(23)24/h1-9,13H,10,17H2,(H,18,21)(H,19,22)/t13-/m0/s1. The molecule has 0 aliphatic heterocycles. The fourth-order valence-corrected chi connectivity index (χ4v) is 2.22. The van der Waals surface area contributed by atoms with E-state index in [0.29, 0.717) is 0 Å². The van der Waals surface area contributed by atoms with Gasteiger partial charge in [-0.3, -0.25) is 25.1 Å². The van der Waals surface area contributed by atoms with E-state index in [1.54, 1.807) is 24.3 Å². The quantitative estimate of drug-likeness (QED) is 0.314. The van der Waals surface area contributed by atoms with E-state index in [9.17, 15) is 19.7 Å². The number of hydrogen-bond acceptors (Lipinski definition) is 5. The summed E-state index contributed by atoms with van der Waals surface area (Å²) < 4.78 is 0. The molecule has 0 radical (unpaired) electrons. The highest BCUT2D eigenvalue weighted by molar-refractivity contribution is 6.00. The van der Waals surface area contributed by atoms with Crippen LogP contribution in [0.1, 0.15) is 15.9 Å². The number of nitrogens with two attached hydrogens (primary N) is 1. The van der Waals surface area contributed by atoms with Gasteiger partial charge in [0.25, 0.3) is 17.5 Å². The van der Waals surface area contributed by atoms with Crippen LogP contribution in [0.2, 0.25) is 0 Å². The number of carbonyl (C=O) groups is 2. The van der Waals surface area contributed by atoms with E-state index < -0.39 is 22.8 Å². The van der Waals surface area contributed by atoms with Crippen molar-refractivity contribution in [3.05, 3.63) is 75.8 Å². The minimum absolute atomic E-state index is 0.120. The molecule has 1 atom stereocenters. The van der Waals surface area contributed by atoms with E-state index in [1.807, 2.05) is 11.5 Å². The molecule has 4 N–H and O–H groups in total. The van der Waals surface area contributed by atoms with Crippen LogP contribution in [0.25, 0.3) is 0 Å². The number of hydrogen-bond donors (Lipinski definition) is 3. The molecule has 8 nitrogen and oxygen atoms in total. The maximum Gasteiger partial charge on any atom is 0.282 e. The van der Waals surface area contributed by atoms with E-state index in [0.717, 1.165) is 5.56 Å². The number of nitrogens with zero attached hydrogens (tertiary/aromatic N) is 1. The van der Waals surface area contributed by atoms with Gasteiger partial charge in [0.1, 0.15) is 11.6 Å². The van der Waals surface area contributed by atoms with Crippen molar-refractivity contribution in [2.75, 3.05) is 0 Å². The van der Waals surface area contributed by atoms with Crippen molar-refractivity contribution in [2.24, 2.45) is 5.84 Å². The highest BCUT2D eigenvalue weighted by Crippen LogP contribution is 2.17. The van der Waals surface area contributed by atoms with Crippen LogP contribution in [0.3, 0.4) is 0 Å². The van der Waals surface area contributed by atoms with Crippen molar-refractivity contribution in [3.63, 3.8) is 0 Å². The van der Waals surface area contributed by atoms with E-state index in [1.165, 1.54) is 24.3 Å². The molecule has 0 bridgehead atoms. The third-order valence-corrected chi connectivity index (χ3v) is 3.39.